The van der Waals surface area contributed by atoms with Gasteiger partial charge in [-0.1, -0.05) is 49.6 Å². The molecule has 1 saturated heterocycles. The lowest BCUT2D eigenvalue weighted by atomic mass is 10.0. The number of rotatable bonds is 4. The van der Waals surface area contributed by atoms with Gasteiger partial charge in [-0.2, -0.15) is 0 Å². The average Bonchev–Trinajstić information content (AvgIpc) is 2.55. The number of nitrogens with one attached hydrogen (secondary N) is 1. The van der Waals surface area contributed by atoms with E-state index in [0.717, 1.165) is 31.2 Å². The number of likely N-dealkylation sites (tertiary alicyclic amines) is 1. The molecule has 0 aromatic heterocycles. The molecule has 0 spiro atoms. The zero-order chi connectivity index (χ0) is 16.5. The van der Waals surface area contributed by atoms with E-state index in [1.807, 2.05) is 30.3 Å². The van der Waals surface area contributed by atoms with Gasteiger partial charge in [0.05, 0.1) is 13.7 Å². The topological polar surface area (TPSA) is 67.9 Å². The molecule has 2 amide bonds. The van der Waals surface area contributed by atoms with Crippen molar-refractivity contribution in [3.8, 4) is 0 Å². The zero-order valence-corrected chi connectivity index (χ0v) is 13.5. The quantitative estimate of drug-likeness (QED) is 0.684. The molecule has 1 aliphatic heterocycles. The lowest BCUT2D eigenvalue weighted by Crippen LogP contribution is -2.50. The van der Waals surface area contributed by atoms with E-state index in [4.69, 9.17) is 9.57 Å². The van der Waals surface area contributed by atoms with E-state index in [9.17, 15) is 9.59 Å². The summed E-state index contributed by atoms with van der Waals surface area (Å²) in [5, 5.41) is 0. The molecule has 1 aromatic rings. The minimum Gasteiger partial charge on any atom is -0.467 e. The zero-order valence-electron chi connectivity index (χ0n) is 13.5. The van der Waals surface area contributed by atoms with Crippen molar-refractivity contribution in [1.82, 2.24) is 10.4 Å². The van der Waals surface area contributed by atoms with Gasteiger partial charge in [0, 0.05) is 6.54 Å². The van der Waals surface area contributed by atoms with Gasteiger partial charge in [0.25, 0.3) is 0 Å². The molecule has 1 fully saturated rings. The van der Waals surface area contributed by atoms with Crippen LogP contribution in [0.5, 0.6) is 0 Å². The Morgan fingerprint density at radius 3 is 2.65 bits per heavy atom. The molecule has 6 nitrogen and oxygen atoms in total. The summed E-state index contributed by atoms with van der Waals surface area (Å²) in [7, 11) is 1.35. The van der Waals surface area contributed by atoms with Crippen molar-refractivity contribution in [2.75, 3.05) is 13.7 Å². The Bertz CT molecular complexity index is 507. The number of hydrogen-bond acceptors (Lipinski definition) is 4. The molecule has 0 radical (unpaired) electrons. The van der Waals surface area contributed by atoms with Crippen LogP contribution in [0.15, 0.2) is 30.3 Å². The first kappa shape index (κ1) is 17.3. The molecule has 0 saturated carbocycles. The summed E-state index contributed by atoms with van der Waals surface area (Å²) in [4.78, 5) is 31.1. The van der Waals surface area contributed by atoms with Gasteiger partial charge in [0.1, 0.15) is 6.04 Å². The largest absolute Gasteiger partial charge is 0.467 e. The minimum atomic E-state index is -0.541. The Balaban J connectivity index is 1.91. The molecule has 23 heavy (non-hydrogen) atoms. The molecule has 126 valence electrons. The molecule has 0 bridgehead atoms. The van der Waals surface area contributed by atoms with E-state index in [0.29, 0.717) is 13.0 Å². The van der Waals surface area contributed by atoms with E-state index in [1.165, 1.54) is 12.0 Å². The van der Waals surface area contributed by atoms with Gasteiger partial charge in [-0.25, -0.2) is 15.1 Å². The van der Waals surface area contributed by atoms with Crippen LogP contribution >= 0.6 is 0 Å². The number of carbonyl (C=O) groups excluding carboxylic acids is 2. The van der Waals surface area contributed by atoms with Gasteiger partial charge in [-0.3, -0.25) is 4.84 Å². The molecule has 1 N–H and O–H groups in total. The monoisotopic (exact) mass is 320 g/mol. The minimum absolute atomic E-state index is 0.281. The Labute approximate surface area is 136 Å². The second kappa shape index (κ2) is 9.15. The van der Waals surface area contributed by atoms with Crippen LogP contribution in [0.25, 0.3) is 0 Å². The van der Waals surface area contributed by atoms with Crippen molar-refractivity contribution in [3.05, 3.63) is 35.9 Å². The number of hydroxylamine groups is 1. The molecule has 0 aliphatic carbocycles. The van der Waals surface area contributed by atoms with Gasteiger partial charge in [-0.05, 0) is 18.4 Å². The molecule has 1 aromatic carbocycles. The molecule has 2 rings (SSSR count). The van der Waals surface area contributed by atoms with E-state index in [2.05, 4.69) is 5.48 Å². The van der Waals surface area contributed by atoms with Gasteiger partial charge < -0.3 is 9.64 Å². The van der Waals surface area contributed by atoms with Crippen LogP contribution < -0.4 is 5.48 Å². The first-order chi connectivity index (χ1) is 11.2. The Kier molecular flexibility index (Phi) is 6.87. The van der Waals surface area contributed by atoms with Crippen molar-refractivity contribution in [1.29, 1.82) is 0 Å². The van der Waals surface area contributed by atoms with Gasteiger partial charge in [0.15, 0.2) is 0 Å². The Morgan fingerprint density at radius 1 is 1.17 bits per heavy atom. The van der Waals surface area contributed by atoms with Crippen LogP contribution in [0.3, 0.4) is 0 Å². The number of esters is 1. The number of hydrogen-bond donors (Lipinski definition) is 1. The molecule has 0 unspecified atom stereocenters. The van der Waals surface area contributed by atoms with Gasteiger partial charge in [-0.15, -0.1) is 0 Å². The number of urea groups is 1. The van der Waals surface area contributed by atoms with E-state index in [-0.39, 0.29) is 12.6 Å². The molecule has 1 heterocycles. The maximum absolute atomic E-state index is 12.4. The summed E-state index contributed by atoms with van der Waals surface area (Å²) >= 11 is 0. The molecular formula is C17H24N2O4. The number of methoxy groups -OCH3 is 1. The third kappa shape index (κ3) is 5.25. The first-order valence-corrected chi connectivity index (χ1v) is 8.02. The second-order valence-corrected chi connectivity index (χ2v) is 5.62. The molecule has 1 aliphatic rings. The SMILES string of the molecule is COC(=O)[C@@H]1CCCCCCN1C(=O)NOCc1ccccc1. The first-order valence-electron chi connectivity index (χ1n) is 8.02. The molecular weight excluding hydrogens is 296 g/mol. The predicted octanol–water partition coefficient (Wildman–Crippen LogP) is 2.64. The lowest BCUT2D eigenvalue weighted by Gasteiger charge is -2.31. The van der Waals surface area contributed by atoms with Crippen LogP contribution in [0.1, 0.15) is 37.7 Å². The summed E-state index contributed by atoms with van der Waals surface area (Å²) in [5.74, 6) is -0.370. The number of nitrogens with zero attached hydrogens (tertiary/aromatic N) is 1. The highest BCUT2D eigenvalue weighted by Crippen LogP contribution is 2.18. The smallest absolute Gasteiger partial charge is 0.342 e. The van der Waals surface area contributed by atoms with E-state index < -0.39 is 12.1 Å². The second-order valence-electron chi connectivity index (χ2n) is 5.62. The van der Waals surface area contributed by atoms with Gasteiger partial charge in [0.2, 0.25) is 0 Å². The highest BCUT2D eigenvalue weighted by atomic mass is 16.7. The van der Waals surface area contributed by atoms with Crippen LogP contribution in [0.4, 0.5) is 4.79 Å². The number of amides is 2. The third-order valence-electron chi connectivity index (χ3n) is 3.98. The average molecular weight is 320 g/mol. The fraction of sp³-hybridized carbons (Fsp3) is 0.529. The Morgan fingerprint density at radius 2 is 1.91 bits per heavy atom. The highest BCUT2D eigenvalue weighted by molar-refractivity contribution is 5.83. The standard InChI is InChI=1S/C17H24N2O4/c1-22-16(20)15-11-7-2-3-8-12-19(15)17(21)18-23-13-14-9-5-4-6-10-14/h4-6,9-10,15H,2-3,7-8,11-13H2,1H3,(H,18,21)/t15-/m0/s1. The maximum Gasteiger partial charge on any atom is 0.342 e. The van der Waals surface area contributed by atoms with Crippen molar-refractivity contribution >= 4 is 12.0 Å². The Hall–Kier alpha value is -2.08. The fourth-order valence-corrected chi connectivity index (χ4v) is 2.72. The summed E-state index contributed by atoms with van der Waals surface area (Å²) in [6.45, 7) is 0.809. The van der Waals surface area contributed by atoms with Crippen molar-refractivity contribution in [3.63, 3.8) is 0 Å². The maximum atomic E-state index is 12.4. The van der Waals surface area contributed by atoms with Gasteiger partial charge >= 0.3 is 12.0 Å². The van der Waals surface area contributed by atoms with Crippen LogP contribution in [0.2, 0.25) is 0 Å². The summed E-state index contributed by atoms with van der Waals surface area (Å²) in [5.41, 5.74) is 3.40. The lowest BCUT2D eigenvalue weighted by molar-refractivity contribution is -0.146. The number of ether oxygens (including phenoxy) is 1. The normalized spacial score (nSPS) is 18.7. The van der Waals surface area contributed by atoms with Crippen LogP contribution in [0, 0.1) is 0 Å². The molecule has 6 heteroatoms. The van der Waals surface area contributed by atoms with Crippen molar-refractivity contribution in [2.45, 2.75) is 44.8 Å². The molecule has 1 atom stereocenters. The summed E-state index contributed by atoms with van der Waals surface area (Å²) in [6.07, 6.45) is 4.54. The van der Waals surface area contributed by atoms with Crippen LogP contribution in [-0.4, -0.2) is 36.6 Å². The van der Waals surface area contributed by atoms with E-state index >= 15 is 0 Å². The highest BCUT2D eigenvalue weighted by Gasteiger charge is 2.31. The number of benzene rings is 1. The fourth-order valence-electron chi connectivity index (χ4n) is 2.72. The predicted molar refractivity (Wildman–Crippen MR) is 85.4 cm³/mol. The van der Waals surface area contributed by atoms with Crippen molar-refractivity contribution < 1.29 is 19.2 Å². The van der Waals surface area contributed by atoms with E-state index in [1.54, 1.807) is 0 Å². The van der Waals surface area contributed by atoms with Crippen LogP contribution in [-0.2, 0) is 21.0 Å². The third-order valence-corrected chi connectivity index (χ3v) is 3.98. The van der Waals surface area contributed by atoms with Crippen molar-refractivity contribution in [2.24, 2.45) is 0 Å². The summed E-state index contributed by atoms with van der Waals surface area (Å²) in [6, 6.07) is 8.64. The number of carbonyl (C=O) groups is 2. The summed E-state index contributed by atoms with van der Waals surface area (Å²) < 4.78 is 4.84.